The summed E-state index contributed by atoms with van der Waals surface area (Å²) in [6, 6.07) is 4.44. The van der Waals surface area contributed by atoms with Crippen molar-refractivity contribution >= 4 is 27.6 Å². The Labute approximate surface area is 162 Å². The van der Waals surface area contributed by atoms with Gasteiger partial charge in [0, 0.05) is 5.56 Å². The summed E-state index contributed by atoms with van der Waals surface area (Å²) in [5.74, 6) is -0.413. The number of ether oxygens (including phenoxy) is 2. The summed E-state index contributed by atoms with van der Waals surface area (Å²) in [6.45, 7) is 3.32. The summed E-state index contributed by atoms with van der Waals surface area (Å²) in [5.41, 5.74) is -0.532. The minimum absolute atomic E-state index is 0.0611. The third kappa shape index (κ3) is 2.93. The number of aliphatic imine (C=N–C) groups is 1. The van der Waals surface area contributed by atoms with Crippen LogP contribution < -0.4 is 4.74 Å². The Bertz CT molecular complexity index is 1090. The molecule has 2 heterocycles. The van der Waals surface area contributed by atoms with E-state index < -0.39 is 27.6 Å². The molecule has 0 spiro atoms. The largest absolute Gasteiger partial charge is 0.508 e. The second kappa shape index (κ2) is 6.34. The second-order valence-corrected chi connectivity index (χ2v) is 9.14. The van der Waals surface area contributed by atoms with Gasteiger partial charge in [-0.2, -0.15) is 0 Å². The highest BCUT2D eigenvalue weighted by molar-refractivity contribution is 7.95. The highest BCUT2D eigenvalue weighted by Crippen LogP contribution is 2.44. The van der Waals surface area contributed by atoms with Crippen LogP contribution in [-0.4, -0.2) is 37.5 Å². The van der Waals surface area contributed by atoms with Crippen molar-refractivity contribution in [2.75, 3.05) is 0 Å². The molecule has 0 fully saturated rings. The molecule has 0 aromatic heterocycles. The fourth-order valence-electron chi connectivity index (χ4n) is 3.36. The smallest absolute Gasteiger partial charge is 0.351 e. The number of esters is 1. The zero-order valence-corrected chi connectivity index (χ0v) is 16.2. The van der Waals surface area contributed by atoms with Gasteiger partial charge in [0.2, 0.25) is 16.1 Å². The summed E-state index contributed by atoms with van der Waals surface area (Å²) < 4.78 is 37.0. The van der Waals surface area contributed by atoms with Crippen LogP contribution in [0.15, 0.2) is 57.0 Å². The van der Waals surface area contributed by atoms with E-state index in [1.807, 2.05) is 6.08 Å². The van der Waals surface area contributed by atoms with Gasteiger partial charge in [0.05, 0.1) is 15.4 Å². The Hall–Kier alpha value is -2.87. The lowest BCUT2D eigenvalue weighted by Gasteiger charge is -2.34. The first-order valence-electron chi connectivity index (χ1n) is 8.83. The molecule has 4 rings (SSSR count). The molecule has 8 heteroatoms. The molecule has 0 radical (unpaired) electrons. The predicted molar refractivity (Wildman–Crippen MR) is 103 cm³/mol. The van der Waals surface area contributed by atoms with Crippen LogP contribution in [0.3, 0.4) is 0 Å². The molecule has 0 saturated heterocycles. The maximum absolute atomic E-state index is 13.0. The molecular weight excluding hydrogens is 382 g/mol. The number of allylic oxidation sites excluding steroid dienone is 3. The van der Waals surface area contributed by atoms with Gasteiger partial charge in [-0.25, -0.2) is 18.2 Å². The van der Waals surface area contributed by atoms with Crippen LogP contribution in [0.25, 0.3) is 5.57 Å². The van der Waals surface area contributed by atoms with Gasteiger partial charge in [0.25, 0.3) is 0 Å². The van der Waals surface area contributed by atoms with Gasteiger partial charge in [-0.1, -0.05) is 12.2 Å². The van der Waals surface area contributed by atoms with Gasteiger partial charge in [-0.15, -0.1) is 0 Å². The standard InChI is InChI=1S/C20H19NO6S/c1-20(2)18(23)17(19-21-11-16(22)26-19)14-10-13(8-9-15(14)27-20)28(24,25)12-6-4-3-5-7-12/h4,6-11,19,23H,3,5H2,1-2H3. The van der Waals surface area contributed by atoms with Crippen molar-refractivity contribution in [2.45, 2.75) is 43.4 Å². The quantitative estimate of drug-likeness (QED) is 0.781. The summed E-state index contributed by atoms with van der Waals surface area (Å²) in [7, 11) is -3.73. The van der Waals surface area contributed by atoms with Gasteiger partial charge >= 0.3 is 5.97 Å². The predicted octanol–water partition coefficient (Wildman–Crippen LogP) is 3.09. The lowest BCUT2D eigenvalue weighted by molar-refractivity contribution is -0.135. The molecule has 146 valence electrons. The molecule has 1 unspecified atom stereocenters. The highest BCUT2D eigenvalue weighted by Gasteiger charge is 2.41. The molecule has 28 heavy (non-hydrogen) atoms. The second-order valence-electron chi connectivity index (χ2n) is 7.19. The molecule has 0 saturated carbocycles. The molecule has 3 aliphatic rings. The number of sulfone groups is 1. The van der Waals surface area contributed by atoms with Crippen LogP contribution in [0.2, 0.25) is 0 Å². The number of carbonyl (C=O) groups excluding carboxylic acids is 1. The van der Waals surface area contributed by atoms with Crippen molar-refractivity contribution in [3.63, 3.8) is 0 Å². The first kappa shape index (κ1) is 18.5. The number of carbonyl (C=O) groups is 1. The van der Waals surface area contributed by atoms with Crippen molar-refractivity contribution < 1.29 is 27.8 Å². The molecular formula is C20H19NO6S. The van der Waals surface area contributed by atoms with E-state index in [1.165, 1.54) is 12.1 Å². The minimum Gasteiger partial charge on any atom is -0.508 e. The first-order valence-corrected chi connectivity index (χ1v) is 10.3. The number of fused-ring (bicyclic) bond motifs is 1. The summed E-state index contributed by atoms with van der Waals surface area (Å²) in [4.78, 5) is 15.8. The summed E-state index contributed by atoms with van der Waals surface area (Å²) in [6.07, 6.45) is 6.54. The maximum atomic E-state index is 13.0. The topological polar surface area (TPSA) is 102 Å². The van der Waals surface area contributed by atoms with E-state index in [4.69, 9.17) is 9.47 Å². The molecule has 1 aliphatic carbocycles. The Kier molecular flexibility index (Phi) is 4.19. The summed E-state index contributed by atoms with van der Waals surface area (Å²) >= 11 is 0. The number of benzene rings is 1. The number of cyclic esters (lactones) is 1. The minimum atomic E-state index is -3.73. The van der Waals surface area contributed by atoms with E-state index in [2.05, 4.69) is 4.99 Å². The molecule has 7 nitrogen and oxygen atoms in total. The lowest BCUT2D eigenvalue weighted by atomic mass is 9.91. The third-order valence-electron chi connectivity index (χ3n) is 4.80. The van der Waals surface area contributed by atoms with Crippen LogP contribution in [0.4, 0.5) is 0 Å². The monoisotopic (exact) mass is 401 g/mol. The van der Waals surface area contributed by atoms with Crippen LogP contribution in [0, 0.1) is 0 Å². The van der Waals surface area contributed by atoms with Gasteiger partial charge in [-0.3, -0.25) is 0 Å². The fourth-order valence-corrected chi connectivity index (χ4v) is 4.76. The average molecular weight is 401 g/mol. The van der Waals surface area contributed by atoms with E-state index in [1.54, 1.807) is 32.1 Å². The van der Waals surface area contributed by atoms with E-state index >= 15 is 0 Å². The number of aliphatic hydroxyl groups is 1. The summed E-state index contributed by atoms with van der Waals surface area (Å²) in [5, 5.41) is 10.8. The van der Waals surface area contributed by atoms with E-state index in [-0.39, 0.29) is 21.1 Å². The molecule has 1 atom stereocenters. The van der Waals surface area contributed by atoms with Gasteiger partial charge < -0.3 is 14.6 Å². The molecule has 2 aliphatic heterocycles. The number of nitrogens with zero attached hydrogens (tertiary/aromatic N) is 1. The van der Waals surface area contributed by atoms with Crippen LogP contribution in [-0.2, 0) is 19.4 Å². The van der Waals surface area contributed by atoms with Gasteiger partial charge in [-0.05, 0) is 51.0 Å². The zero-order valence-electron chi connectivity index (χ0n) is 15.4. The van der Waals surface area contributed by atoms with Crippen molar-refractivity contribution in [1.82, 2.24) is 0 Å². The molecule has 0 bridgehead atoms. The first-order chi connectivity index (χ1) is 13.2. The lowest BCUT2D eigenvalue weighted by Crippen LogP contribution is -2.36. The maximum Gasteiger partial charge on any atom is 0.351 e. The van der Waals surface area contributed by atoms with E-state index in [9.17, 15) is 18.3 Å². The SMILES string of the molecule is CC1(C)Oc2ccc(S(=O)(=O)C3=CCCC=C3)cc2C(C2N=CC(=O)O2)=C1O. The fraction of sp³-hybridized carbons (Fsp3) is 0.300. The van der Waals surface area contributed by atoms with Gasteiger partial charge in [0.15, 0.2) is 5.60 Å². The Morgan fingerprint density at radius 2 is 2.04 bits per heavy atom. The molecule has 1 N–H and O–H groups in total. The Morgan fingerprint density at radius 1 is 1.25 bits per heavy atom. The van der Waals surface area contributed by atoms with Crippen molar-refractivity contribution in [3.8, 4) is 5.75 Å². The van der Waals surface area contributed by atoms with Crippen molar-refractivity contribution in [3.05, 3.63) is 52.7 Å². The van der Waals surface area contributed by atoms with Gasteiger partial charge in [0.1, 0.15) is 17.7 Å². The zero-order chi connectivity index (χ0) is 20.1. The van der Waals surface area contributed by atoms with E-state index in [0.717, 1.165) is 12.6 Å². The van der Waals surface area contributed by atoms with E-state index in [0.29, 0.717) is 17.7 Å². The average Bonchev–Trinajstić information content (AvgIpc) is 3.08. The molecule has 1 aromatic rings. The Morgan fingerprint density at radius 3 is 2.68 bits per heavy atom. The normalized spacial score (nSPS) is 23.1. The van der Waals surface area contributed by atoms with Crippen LogP contribution in [0.5, 0.6) is 5.75 Å². The van der Waals surface area contributed by atoms with Crippen LogP contribution >= 0.6 is 0 Å². The number of rotatable bonds is 3. The van der Waals surface area contributed by atoms with Crippen LogP contribution in [0.1, 0.15) is 32.3 Å². The number of aliphatic hydroxyl groups excluding tert-OH is 1. The third-order valence-corrected chi connectivity index (χ3v) is 6.60. The highest BCUT2D eigenvalue weighted by atomic mass is 32.2. The number of hydrogen-bond donors (Lipinski definition) is 1. The van der Waals surface area contributed by atoms with Crippen molar-refractivity contribution in [2.24, 2.45) is 4.99 Å². The Balaban J connectivity index is 1.86. The number of hydrogen-bond acceptors (Lipinski definition) is 7. The molecule has 1 aromatic carbocycles. The van der Waals surface area contributed by atoms with Crippen molar-refractivity contribution in [1.29, 1.82) is 0 Å². The molecule has 0 amide bonds.